The van der Waals surface area contributed by atoms with Crippen LogP contribution in [0.4, 0.5) is 0 Å². The maximum atomic E-state index is 5.85. The maximum absolute atomic E-state index is 5.85. The van der Waals surface area contributed by atoms with Crippen LogP contribution in [0, 0.1) is 0 Å². The number of piperidine rings is 1. The van der Waals surface area contributed by atoms with Gasteiger partial charge in [-0.1, -0.05) is 6.07 Å². The van der Waals surface area contributed by atoms with Crippen LogP contribution >= 0.6 is 0 Å². The highest BCUT2D eigenvalue weighted by Crippen LogP contribution is 2.22. The number of rotatable bonds is 3. The highest BCUT2D eigenvalue weighted by molar-refractivity contribution is 5.03. The summed E-state index contributed by atoms with van der Waals surface area (Å²) in [5.41, 5.74) is 1.18. The second-order valence-electron chi connectivity index (χ2n) is 6.54. The fourth-order valence-corrected chi connectivity index (χ4v) is 3.68. The van der Waals surface area contributed by atoms with Crippen molar-refractivity contribution < 1.29 is 4.74 Å². The summed E-state index contributed by atoms with van der Waals surface area (Å²) >= 11 is 0. The van der Waals surface area contributed by atoms with Crippen LogP contribution < -0.4 is 0 Å². The minimum atomic E-state index is 0.375. The van der Waals surface area contributed by atoms with Gasteiger partial charge < -0.3 is 4.74 Å². The van der Waals surface area contributed by atoms with E-state index < -0.39 is 0 Å². The zero-order valence-electron chi connectivity index (χ0n) is 13.2. The summed E-state index contributed by atoms with van der Waals surface area (Å²) in [5.74, 6) is 0. The molecule has 21 heavy (non-hydrogen) atoms. The van der Waals surface area contributed by atoms with Gasteiger partial charge in [-0.05, 0) is 38.8 Å². The molecule has 0 radical (unpaired) electrons. The predicted molar refractivity (Wildman–Crippen MR) is 84.1 cm³/mol. The van der Waals surface area contributed by atoms with E-state index in [4.69, 9.17) is 4.74 Å². The van der Waals surface area contributed by atoms with Crippen molar-refractivity contribution in [3.05, 3.63) is 30.1 Å². The summed E-state index contributed by atoms with van der Waals surface area (Å²) in [4.78, 5) is 9.62. The summed E-state index contributed by atoms with van der Waals surface area (Å²) in [5, 5.41) is 0. The number of aromatic nitrogens is 1. The van der Waals surface area contributed by atoms with Crippen molar-refractivity contribution >= 4 is 0 Å². The van der Waals surface area contributed by atoms with Crippen molar-refractivity contribution in [2.75, 3.05) is 26.2 Å². The molecule has 2 aliphatic rings. The Bertz CT molecular complexity index is 421. The van der Waals surface area contributed by atoms with Crippen molar-refractivity contribution in [1.29, 1.82) is 0 Å². The Kier molecular flexibility index (Phi) is 4.88. The summed E-state index contributed by atoms with van der Waals surface area (Å²) in [6.07, 6.45) is 5.18. The Balaban J connectivity index is 1.48. The summed E-state index contributed by atoms with van der Waals surface area (Å²) in [6.45, 7) is 9.93. The third-order valence-electron chi connectivity index (χ3n) is 4.63. The van der Waals surface area contributed by atoms with Gasteiger partial charge in [0.1, 0.15) is 0 Å². The smallest absolute Gasteiger partial charge is 0.0678 e. The third kappa shape index (κ3) is 4.02. The minimum absolute atomic E-state index is 0.375. The van der Waals surface area contributed by atoms with E-state index in [-0.39, 0.29) is 0 Å². The molecule has 116 valence electrons. The number of pyridine rings is 1. The molecule has 0 amide bonds. The molecule has 0 unspecified atom stereocenters. The standard InChI is InChI=1S/C17H27N3O/c1-14-11-20(12-15(2)21-14)17-6-9-19(10-7-17)13-16-5-3-4-8-18-16/h3-5,8,14-15,17H,6-7,9-13H2,1-2H3/t14-,15-/m1/s1. The molecule has 0 aromatic carbocycles. The molecule has 2 saturated heterocycles. The number of ether oxygens (including phenoxy) is 1. The molecule has 3 heterocycles. The number of nitrogens with zero attached hydrogens (tertiary/aromatic N) is 3. The normalized spacial score (nSPS) is 29.6. The minimum Gasteiger partial charge on any atom is -0.373 e. The van der Waals surface area contributed by atoms with Crippen molar-refractivity contribution in [2.24, 2.45) is 0 Å². The van der Waals surface area contributed by atoms with Gasteiger partial charge in [0.25, 0.3) is 0 Å². The summed E-state index contributed by atoms with van der Waals surface area (Å²) in [6, 6.07) is 6.92. The van der Waals surface area contributed by atoms with Crippen molar-refractivity contribution in [2.45, 2.75) is 51.5 Å². The molecule has 0 spiro atoms. The fourth-order valence-electron chi connectivity index (χ4n) is 3.68. The second-order valence-corrected chi connectivity index (χ2v) is 6.54. The highest BCUT2D eigenvalue weighted by Gasteiger charge is 2.30. The van der Waals surface area contributed by atoms with Crippen LogP contribution in [0.25, 0.3) is 0 Å². The van der Waals surface area contributed by atoms with E-state index in [2.05, 4.69) is 40.8 Å². The lowest BCUT2D eigenvalue weighted by atomic mass is 10.0. The van der Waals surface area contributed by atoms with Gasteiger partial charge in [-0.2, -0.15) is 0 Å². The number of morpholine rings is 1. The molecular formula is C17H27N3O. The molecule has 1 aromatic rings. The van der Waals surface area contributed by atoms with Crippen LogP contribution in [-0.2, 0) is 11.3 Å². The first-order valence-electron chi connectivity index (χ1n) is 8.22. The maximum Gasteiger partial charge on any atom is 0.0678 e. The van der Waals surface area contributed by atoms with Gasteiger partial charge in [0.2, 0.25) is 0 Å². The largest absolute Gasteiger partial charge is 0.373 e. The lowest BCUT2D eigenvalue weighted by Crippen LogP contribution is -2.53. The third-order valence-corrected chi connectivity index (χ3v) is 4.63. The van der Waals surface area contributed by atoms with Gasteiger partial charge in [-0.3, -0.25) is 14.8 Å². The summed E-state index contributed by atoms with van der Waals surface area (Å²) in [7, 11) is 0. The van der Waals surface area contributed by atoms with E-state index >= 15 is 0 Å². The van der Waals surface area contributed by atoms with Gasteiger partial charge in [0.05, 0.1) is 17.9 Å². The van der Waals surface area contributed by atoms with E-state index in [1.54, 1.807) is 0 Å². The quantitative estimate of drug-likeness (QED) is 0.852. The predicted octanol–water partition coefficient (Wildman–Crippen LogP) is 2.16. The zero-order valence-corrected chi connectivity index (χ0v) is 13.2. The van der Waals surface area contributed by atoms with Gasteiger partial charge >= 0.3 is 0 Å². The Morgan fingerprint density at radius 1 is 1.14 bits per heavy atom. The lowest BCUT2D eigenvalue weighted by Gasteiger charge is -2.43. The second kappa shape index (κ2) is 6.86. The SMILES string of the molecule is C[C@@H]1CN(C2CCN(Cc3ccccn3)CC2)C[C@@H](C)O1. The zero-order chi connectivity index (χ0) is 14.7. The Labute approximate surface area is 128 Å². The lowest BCUT2D eigenvalue weighted by molar-refractivity contribution is -0.0866. The molecule has 0 N–H and O–H groups in total. The topological polar surface area (TPSA) is 28.6 Å². The molecule has 2 fully saturated rings. The van der Waals surface area contributed by atoms with E-state index in [0.717, 1.165) is 25.7 Å². The van der Waals surface area contributed by atoms with Crippen molar-refractivity contribution in [1.82, 2.24) is 14.8 Å². The Morgan fingerprint density at radius 3 is 2.48 bits per heavy atom. The average Bonchev–Trinajstić information content (AvgIpc) is 2.48. The van der Waals surface area contributed by atoms with E-state index in [1.165, 1.54) is 31.6 Å². The van der Waals surface area contributed by atoms with Crippen molar-refractivity contribution in [3.8, 4) is 0 Å². The average molecular weight is 289 g/mol. The van der Waals surface area contributed by atoms with E-state index in [0.29, 0.717) is 12.2 Å². The first-order valence-corrected chi connectivity index (χ1v) is 8.22. The van der Waals surface area contributed by atoms with E-state index in [1.807, 2.05) is 12.3 Å². The Morgan fingerprint density at radius 2 is 1.86 bits per heavy atom. The van der Waals surface area contributed by atoms with Crippen LogP contribution in [-0.4, -0.2) is 59.2 Å². The van der Waals surface area contributed by atoms with Crippen LogP contribution in [0.2, 0.25) is 0 Å². The van der Waals surface area contributed by atoms with Crippen LogP contribution in [0.5, 0.6) is 0 Å². The van der Waals surface area contributed by atoms with E-state index in [9.17, 15) is 0 Å². The first-order chi connectivity index (χ1) is 10.2. The monoisotopic (exact) mass is 289 g/mol. The molecule has 4 nitrogen and oxygen atoms in total. The first kappa shape index (κ1) is 14.9. The summed E-state index contributed by atoms with van der Waals surface area (Å²) < 4.78 is 5.85. The number of hydrogen-bond acceptors (Lipinski definition) is 4. The molecule has 4 heteroatoms. The van der Waals surface area contributed by atoms with Gasteiger partial charge in [-0.25, -0.2) is 0 Å². The molecule has 0 aliphatic carbocycles. The molecule has 3 rings (SSSR count). The van der Waals surface area contributed by atoms with Crippen LogP contribution in [0.3, 0.4) is 0 Å². The van der Waals surface area contributed by atoms with Crippen LogP contribution in [0.1, 0.15) is 32.4 Å². The highest BCUT2D eigenvalue weighted by atomic mass is 16.5. The molecule has 0 bridgehead atoms. The van der Waals surface area contributed by atoms with Crippen molar-refractivity contribution in [3.63, 3.8) is 0 Å². The molecule has 2 aliphatic heterocycles. The van der Waals surface area contributed by atoms with Gasteiger partial charge in [-0.15, -0.1) is 0 Å². The fraction of sp³-hybridized carbons (Fsp3) is 0.706. The number of likely N-dealkylation sites (tertiary alicyclic amines) is 1. The van der Waals surface area contributed by atoms with Gasteiger partial charge in [0, 0.05) is 45.0 Å². The van der Waals surface area contributed by atoms with Gasteiger partial charge in [0.15, 0.2) is 0 Å². The van der Waals surface area contributed by atoms with Crippen LogP contribution in [0.15, 0.2) is 24.4 Å². The molecular weight excluding hydrogens is 262 g/mol. The number of hydrogen-bond donors (Lipinski definition) is 0. The molecule has 2 atom stereocenters. The molecule has 1 aromatic heterocycles. The molecule has 0 saturated carbocycles. The Hall–Kier alpha value is -0.970.